The van der Waals surface area contributed by atoms with Gasteiger partial charge in [0.1, 0.15) is 11.6 Å². The van der Waals surface area contributed by atoms with Crippen LogP contribution in [0.5, 0.6) is 5.75 Å². The number of nitrogens with zero attached hydrogens (tertiary/aromatic N) is 2. The average Bonchev–Trinajstić information content (AvgIpc) is 2.64. The minimum atomic E-state index is -0.431. The third kappa shape index (κ3) is 4.25. The van der Waals surface area contributed by atoms with E-state index in [1.54, 1.807) is 23.1 Å². The number of para-hydroxylation sites is 3. The van der Waals surface area contributed by atoms with Gasteiger partial charge in [0.15, 0.2) is 0 Å². The smallest absolute Gasteiger partial charge is 0.322 e. The maximum atomic E-state index is 13.7. The highest BCUT2D eigenvalue weighted by molar-refractivity contribution is 5.89. The van der Waals surface area contributed by atoms with E-state index in [0.29, 0.717) is 26.2 Å². The fourth-order valence-corrected chi connectivity index (χ4v) is 2.98. The first kappa shape index (κ1) is 18.0. The summed E-state index contributed by atoms with van der Waals surface area (Å²) in [7, 11) is 0. The van der Waals surface area contributed by atoms with Crippen molar-refractivity contribution in [2.45, 2.75) is 20.0 Å². The molecule has 2 aromatic rings. The Morgan fingerprint density at radius 3 is 2.38 bits per heavy atom. The molecule has 0 aliphatic carbocycles. The Bertz CT molecular complexity index is 758. The monoisotopic (exact) mass is 357 g/mol. The van der Waals surface area contributed by atoms with Crippen LogP contribution in [0.25, 0.3) is 0 Å². The van der Waals surface area contributed by atoms with E-state index in [9.17, 15) is 9.18 Å². The Morgan fingerprint density at radius 2 is 1.69 bits per heavy atom. The van der Waals surface area contributed by atoms with Crippen molar-refractivity contribution in [3.63, 3.8) is 0 Å². The van der Waals surface area contributed by atoms with E-state index in [2.05, 4.69) is 10.2 Å². The summed E-state index contributed by atoms with van der Waals surface area (Å²) in [5, 5.41) is 2.64. The first-order chi connectivity index (χ1) is 12.5. The number of halogens is 1. The zero-order chi connectivity index (χ0) is 18.5. The summed E-state index contributed by atoms with van der Waals surface area (Å²) in [6.45, 7) is 6.53. The van der Waals surface area contributed by atoms with Crippen LogP contribution in [0, 0.1) is 5.82 Å². The quantitative estimate of drug-likeness (QED) is 0.901. The molecule has 2 amide bonds. The van der Waals surface area contributed by atoms with Crippen molar-refractivity contribution in [3.05, 3.63) is 54.3 Å². The van der Waals surface area contributed by atoms with Gasteiger partial charge in [-0.3, -0.25) is 0 Å². The third-order valence-corrected chi connectivity index (χ3v) is 4.25. The fourth-order valence-electron chi connectivity index (χ4n) is 2.98. The van der Waals surface area contributed by atoms with E-state index >= 15 is 0 Å². The lowest BCUT2D eigenvalue weighted by Gasteiger charge is -2.36. The van der Waals surface area contributed by atoms with Gasteiger partial charge in [-0.1, -0.05) is 24.3 Å². The number of hydrogen-bond acceptors (Lipinski definition) is 3. The van der Waals surface area contributed by atoms with E-state index in [-0.39, 0.29) is 17.8 Å². The molecule has 0 bridgehead atoms. The van der Waals surface area contributed by atoms with Crippen LogP contribution in [0.4, 0.5) is 20.6 Å². The second-order valence-corrected chi connectivity index (χ2v) is 6.52. The van der Waals surface area contributed by atoms with Gasteiger partial charge in [-0.2, -0.15) is 0 Å². The van der Waals surface area contributed by atoms with Gasteiger partial charge in [0.2, 0.25) is 0 Å². The summed E-state index contributed by atoms with van der Waals surface area (Å²) < 4.78 is 19.6. The van der Waals surface area contributed by atoms with Crippen LogP contribution in [-0.4, -0.2) is 43.2 Å². The Balaban J connectivity index is 1.61. The molecule has 3 rings (SSSR count). The van der Waals surface area contributed by atoms with Gasteiger partial charge >= 0.3 is 6.03 Å². The van der Waals surface area contributed by atoms with Gasteiger partial charge in [-0.15, -0.1) is 0 Å². The molecule has 138 valence electrons. The maximum absolute atomic E-state index is 13.7. The maximum Gasteiger partial charge on any atom is 0.322 e. The van der Waals surface area contributed by atoms with E-state index in [1.165, 1.54) is 6.07 Å². The highest BCUT2D eigenvalue weighted by atomic mass is 19.1. The Morgan fingerprint density at radius 1 is 1.04 bits per heavy atom. The normalized spacial score (nSPS) is 14.5. The number of amides is 2. The van der Waals surface area contributed by atoms with Crippen molar-refractivity contribution in [3.8, 4) is 5.75 Å². The first-order valence-electron chi connectivity index (χ1n) is 8.85. The summed E-state index contributed by atoms with van der Waals surface area (Å²) in [5.74, 6) is 0.422. The second kappa shape index (κ2) is 8.08. The molecule has 26 heavy (non-hydrogen) atoms. The summed E-state index contributed by atoms with van der Waals surface area (Å²) >= 11 is 0. The van der Waals surface area contributed by atoms with Crippen molar-refractivity contribution < 1.29 is 13.9 Å². The number of hydrogen-bond donors (Lipinski definition) is 1. The highest BCUT2D eigenvalue weighted by Gasteiger charge is 2.23. The number of rotatable bonds is 4. The number of urea groups is 1. The number of carbonyl (C=O) groups is 1. The molecule has 0 radical (unpaired) electrons. The molecule has 0 spiro atoms. The Kier molecular flexibility index (Phi) is 5.61. The van der Waals surface area contributed by atoms with Crippen LogP contribution >= 0.6 is 0 Å². The van der Waals surface area contributed by atoms with Gasteiger partial charge in [-0.25, -0.2) is 9.18 Å². The average molecular weight is 357 g/mol. The van der Waals surface area contributed by atoms with E-state index < -0.39 is 5.82 Å². The molecule has 1 aliphatic heterocycles. The SMILES string of the molecule is CC(C)Oc1ccccc1N1CCN(C(=O)Nc2ccccc2F)CC1. The molecule has 0 aromatic heterocycles. The summed E-state index contributed by atoms with van der Waals surface area (Å²) in [6, 6.07) is 13.9. The Labute approximate surface area is 153 Å². The molecule has 1 saturated heterocycles. The van der Waals surface area contributed by atoms with Crippen LogP contribution < -0.4 is 15.0 Å². The molecule has 0 unspecified atom stereocenters. The van der Waals surface area contributed by atoms with Crippen molar-refractivity contribution in [2.75, 3.05) is 36.4 Å². The standard InChI is InChI=1S/C20H24FN3O2/c1-15(2)26-19-10-6-5-9-18(19)23-11-13-24(14-12-23)20(25)22-17-8-4-3-7-16(17)21/h3-10,15H,11-14H2,1-2H3,(H,22,25). The second-order valence-electron chi connectivity index (χ2n) is 6.52. The van der Waals surface area contributed by atoms with E-state index in [4.69, 9.17) is 4.74 Å². The predicted octanol–water partition coefficient (Wildman–Crippen LogP) is 3.97. The fraction of sp³-hybridized carbons (Fsp3) is 0.350. The minimum Gasteiger partial charge on any atom is -0.489 e. The first-order valence-corrected chi connectivity index (χ1v) is 8.85. The number of ether oxygens (including phenoxy) is 1. The van der Waals surface area contributed by atoms with Gasteiger partial charge in [0.25, 0.3) is 0 Å². The lowest BCUT2D eigenvalue weighted by atomic mass is 10.2. The van der Waals surface area contributed by atoms with Crippen molar-refractivity contribution in [1.29, 1.82) is 0 Å². The molecular weight excluding hydrogens is 333 g/mol. The summed E-state index contributed by atoms with van der Waals surface area (Å²) in [4.78, 5) is 16.3. The van der Waals surface area contributed by atoms with Crippen molar-refractivity contribution in [1.82, 2.24) is 4.90 Å². The number of benzene rings is 2. The largest absolute Gasteiger partial charge is 0.489 e. The van der Waals surface area contributed by atoms with Gasteiger partial charge < -0.3 is 19.9 Å². The van der Waals surface area contributed by atoms with E-state index in [1.807, 2.05) is 38.1 Å². The number of anilines is 2. The van der Waals surface area contributed by atoms with Crippen LogP contribution in [0.2, 0.25) is 0 Å². The molecule has 1 fully saturated rings. The van der Waals surface area contributed by atoms with Crippen molar-refractivity contribution >= 4 is 17.4 Å². The predicted molar refractivity (Wildman–Crippen MR) is 101 cm³/mol. The Hall–Kier alpha value is -2.76. The number of piperazine rings is 1. The summed E-state index contributed by atoms with van der Waals surface area (Å²) in [5.41, 5.74) is 1.24. The van der Waals surface area contributed by atoms with Crippen molar-refractivity contribution in [2.24, 2.45) is 0 Å². The summed E-state index contributed by atoms with van der Waals surface area (Å²) in [6.07, 6.45) is 0.101. The molecule has 2 aromatic carbocycles. The molecule has 1 aliphatic rings. The zero-order valence-corrected chi connectivity index (χ0v) is 15.1. The molecule has 1 heterocycles. The van der Waals surface area contributed by atoms with Gasteiger partial charge in [0.05, 0.1) is 17.5 Å². The minimum absolute atomic E-state index is 0.101. The lowest BCUT2D eigenvalue weighted by molar-refractivity contribution is 0.207. The van der Waals surface area contributed by atoms with Gasteiger partial charge in [0, 0.05) is 26.2 Å². The lowest BCUT2D eigenvalue weighted by Crippen LogP contribution is -2.50. The molecular formula is C20H24FN3O2. The third-order valence-electron chi connectivity index (χ3n) is 4.25. The highest BCUT2D eigenvalue weighted by Crippen LogP contribution is 2.29. The van der Waals surface area contributed by atoms with Crippen LogP contribution in [0.15, 0.2) is 48.5 Å². The molecule has 1 N–H and O–H groups in total. The van der Waals surface area contributed by atoms with Crippen LogP contribution in [0.1, 0.15) is 13.8 Å². The molecule has 5 nitrogen and oxygen atoms in total. The van der Waals surface area contributed by atoms with Crippen LogP contribution in [-0.2, 0) is 0 Å². The van der Waals surface area contributed by atoms with E-state index in [0.717, 1.165) is 11.4 Å². The molecule has 6 heteroatoms. The van der Waals surface area contributed by atoms with Crippen LogP contribution in [0.3, 0.4) is 0 Å². The van der Waals surface area contributed by atoms with Gasteiger partial charge in [-0.05, 0) is 38.1 Å². The molecule has 0 atom stereocenters. The topological polar surface area (TPSA) is 44.8 Å². The molecule has 0 saturated carbocycles. The number of nitrogens with one attached hydrogen (secondary N) is 1. The number of carbonyl (C=O) groups excluding carboxylic acids is 1. The zero-order valence-electron chi connectivity index (χ0n) is 15.1.